The molecule has 1 fully saturated rings. The molecule has 1 aromatic rings. The highest BCUT2D eigenvalue weighted by molar-refractivity contribution is 5.84. The van der Waals surface area contributed by atoms with Gasteiger partial charge in [0.2, 0.25) is 0 Å². The number of carbonyl (C=O) groups is 1. The maximum absolute atomic E-state index is 10.9. The van der Waals surface area contributed by atoms with Gasteiger partial charge in [0.05, 0.1) is 0 Å². The summed E-state index contributed by atoms with van der Waals surface area (Å²) in [4.78, 5) is 13.2. The van der Waals surface area contributed by atoms with Gasteiger partial charge < -0.3 is 10.0 Å². The summed E-state index contributed by atoms with van der Waals surface area (Å²) in [6.07, 6.45) is 2.92. The molecule has 86 valence electrons. The van der Waals surface area contributed by atoms with Gasteiger partial charge in [-0.05, 0) is 30.9 Å². The molecule has 0 atom stereocenters. The Bertz CT molecular complexity index is 357. The topological polar surface area (TPSA) is 40.5 Å². The third kappa shape index (κ3) is 2.25. The van der Waals surface area contributed by atoms with Crippen molar-refractivity contribution in [2.45, 2.75) is 12.8 Å². The van der Waals surface area contributed by atoms with Crippen LogP contribution >= 0.6 is 0 Å². The first-order chi connectivity index (χ1) is 7.85. The monoisotopic (exact) mass is 219 g/mol. The van der Waals surface area contributed by atoms with Crippen LogP contribution in [0.25, 0.3) is 0 Å². The highest BCUT2D eigenvalue weighted by atomic mass is 16.3. The Morgan fingerprint density at radius 2 is 2.00 bits per heavy atom. The lowest BCUT2D eigenvalue weighted by Crippen LogP contribution is -2.35. The normalized spacial score (nSPS) is 17.4. The lowest BCUT2D eigenvalue weighted by Gasteiger charge is -2.33. The summed E-state index contributed by atoms with van der Waals surface area (Å²) in [6, 6.07) is 7.68. The Labute approximate surface area is 95.7 Å². The molecule has 16 heavy (non-hydrogen) atoms. The second-order valence-corrected chi connectivity index (χ2v) is 4.29. The first kappa shape index (κ1) is 11.1. The Balaban J connectivity index is 2.10. The molecule has 3 nitrogen and oxygen atoms in total. The highest BCUT2D eigenvalue weighted by Crippen LogP contribution is 2.25. The van der Waals surface area contributed by atoms with E-state index in [0.29, 0.717) is 5.92 Å². The number of hydrogen-bond acceptors (Lipinski definition) is 3. The molecule has 0 bridgehead atoms. The number of nitrogens with zero attached hydrogens (tertiary/aromatic N) is 1. The molecule has 2 rings (SSSR count). The first-order valence-corrected chi connectivity index (χ1v) is 5.75. The SMILES string of the molecule is O=Cc1ccccc1N1CCC(CO)CC1. The van der Waals surface area contributed by atoms with Crippen LogP contribution in [0.4, 0.5) is 5.69 Å². The van der Waals surface area contributed by atoms with Gasteiger partial charge in [-0.3, -0.25) is 4.79 Å². The summed E-state index contributed by atoms with van der Waals surface area (Å²) in [5.74, 6) is 0.430. The Morgan fingerprint density at radius 3 is 2.62 bits per heavy atom. The van der Waals surface area contributed by atoms with Crippen LogP contribution in [0.5, 0.6) is 0 Å². The second kappa shape index (κ2) is 5.12. The zero-order valence-electron chi connectivity index (χ0n) is 9.30. The van der Waals surface area contributed by atoms with Gasteiger partial charge in [0.25, 0.3) is 0 Å². The number of hydrogen-bond donors (Lipinski definition) is 1. The standard InChI is InChI=1S/C13H17NO2/c15-9-11-5-7-14(8-6-11)13-4-2-1-3-12(13)10-16/h1-4,10-11,15H,5-9H2. The fourth-order valence-corrected chi connectivity index (χ4v) is 2.23. The molecule has 1 aliphatic rings. The van der Waals surface area contributed by atoms with Gasteiger partial charge in [-0.2, -0.15) is 0 Å². The van der Waals surface area contributed by atoms with E-state index in [1.165, 1.54) is 0 Å². The predicted octanol–water partition coefficient (Wildman–Crippen LogP) is 1.71. The molecular formula is C13H17NO2. The molecular weight excluding hydrogens is 202 g/mol. The van der Waals surface area contributed by atoms with Crippen molar-refractivity contribution in [2.24, 2.45) is 5.92 Å². The quantitative estimate of drug-likeness (QED) is 0.787. The van der Waals surface area contributed by atoms with Crippen LogP contribution in [0.15, 0.2) is 24.3 Å². The lowest BCUT2D eigenvalue weighted by molar-refractivity contribution is 0.112. The molecule has 1 N–H and O–H groups in total. The lowest BCUT2D eigenvalue weighted by atomic mass is 9.97. The number of aldehydes is 1. The fourth-order valence-electron chi connectivity index (χ4n) is 2.23. The van der Waals surface area contributed by atoms with Crippen LogP contribution in [0.2, 0.25) is 0 Å². The van der Waals surface area contributed by atoms with Crippen molar-refractivity contribution < 1.29 is 9.90 Å². The number of benzene rings is 1. The summed E-state index contributed by atoms with van der Waals surface area (Å²) in [5, 5.41) is 9.07. The van der Waals surface area contributed by atoms with Crippen molar-refractivity contribution in [3.63, 3.8) is 0 Å². The minimum atomic E-state index is 0.281. The third-order valence-corrected chi connectivity index (χ3v) is 3.28. The Kier molecular flexibility index (Phi) is 3.57. The molecule has 0 saturated carbocycles. The Morgan fingerprint density at radius 1 is 1.31 bits per heavy atom. The maximum Gasteiger partial charge on any atom is 0.152 e. The van der Waals surface area contributed by atoms with Gasteiger partial charge in [0.1, 0.15) is 0 Å². The Hall–Kier alpha value is -1.35. The largest absolute Gasteiger partial charge is 0.396 e. The van der Waals surface area contributed by atoms with E-state index < -0.39 is 0 Å². The molecule has 0 spiro atoms. The van der Waals surface area contributed by atoms with E-state index in [-0.39, 0.29) is 6.61 Å². The molecule has 0 radical (unpaired) electrons. The van der Waals surface area contributed by atoms with Gasteiger partial charge >= 0.3 is 0 Å². The van der Waals surface area contributed by atoms with E-state index in [2.05, 4.69) is 4.90 Å². The molecule has 0 aliphatic carbocycles. The second-order valence-electron chi connectivity index (χ2n) is 4.29. The van der Waals surface area contributed by atoms with Crippen molar-refractivity contribution in [1.29, 1.82) is 0 Å². The molecule has 1 heterocycles. The van der Waals surface area contributed by atoms with Crippen molar-refractivity contribution in [1.82, 2.24) is 0 Å². The van der Waals surface area contributed by atoms with Gasteiger partial charge in [-0.1, -0.05) is 12.1 Å². The van der Waals surface area contributed by atoms with Gasteiger partial charge in [-0.25, -0.2) is 0 Å². The molecule has 3 heteroatoms. The van der Waals surface area contributed by atoms with Crippen LogP contribution in [-0.4, -0.2) is 31.1 Å². The van der Waals surface area contributed by atoms with E-state index in [4.69, 9.17) is 5.11 Å². The summed E-state index contributed by atoms with van der Waals surface area (Å²) >= 11 is 0. The van der Waals surface area contributed by atoms with Crippen LogP contribution in [0.1, 0.15) is 23.2 Å². The third-order valence-electron chi connectivity index (χ3n) is 3.28. The van der Waals surface area contributed by atoms with E-state index in [1.54, 1.807) is 0 Å². The molecule has 0 aromatic heterocycles. The van der Waals surface area contributed by atoms with Crippen LogP contribution in [0.3, 0.4) is 0 Å². The highest BCUT2D eigenvalue weighted by Gasteiger charge is 2.19. The summed E-state index contributed by atoms with van der Waals surface area (Å²) in [5.41, 5.74) is 1.78. The van der Waals surface area contributed by atoms with E-state index in [1.807, 2.05) is 24.3 Å². The van der Waals surface area contributed by atoms with E-state index >= 15 is 0 Å². The fraction of sp³-hybridized carbons (Fsp3) is 0.462. The smallest absolute Gasteiger partial charge is 0.152 e. The van der Waals surface area contributed by atoms with Gasteiger partial charge in [-0.15, -0.1) is 0 Å². The number of carbonyl (C=O) groups excluding carboxylic acids is 1. The van der Waals surface area contributed by atoms with Crippen molar-refractivity contribution in [3.8, 4) is 0 Å². The van der Waals surface area contributed by atoms with E-state index in [9.17, 15) is 4.79 Å². The summed E-state index contributed by atoms with van der Waals surface area (Å²) < 4.78 is 0. The molecule has 1 aliphatic heterocycles. The molecule has 1 saturated heterocycles. The molecule has 0 unspecified atom stereocenters. The number of anilines is 1. The zero-order chi connectivity index (χ0) is 11.4. The van der Waals surface area contributed by atoms with Crippen LogP contribution in [0, 0.1) is 5.92 Å². The number of aliphatic hydroxyl groups excluding tert-OH is 1. The molecule has 1 aromatic carbocycles. The summed E-state index contributed by atoms with van der Waals surface area (Å²) in [7, 11) is 0. The average Bonchev–Trinajstić information content (AvgIpc) is 2.39. The maximum atomic E-state index is 10.9. The number of aliphatic hydroxyl groups is 1. The average molecular weight is 219 g/mol. The minimum Gasteiger partial charge on any atom is -0.396 e. The van der Waals surface area contributed by atoms with Crippen LogP contribution < -0.4 is 4.90 Å². The number of para-hydroxylation sites is 1. The number of rotatable bonds is 3. The molecule has 0 amide bonds. The number of piperidine rings is 1. The summed E-state index contributed by atoms with van der Waals surface area (Å²) in [6.45, 7) is 2.13. The van der Waals surface area contributed by atoms with Crippen molar-refractivity contribution in [3.05, 3.63) is 29.8 Å². The zero-order valence-corrected chi connectivity index (χ0v) is 9.30. The minimum absolute atomic E-state index is 0.281. The van der Waals surface area contributed by atoms with Crippen LogP contribution in [-0.2, 0) is 0 Å². The van der Waals surface area contributed by atoms with Gasteiger partial charge in [0.15, 0.2) is 6.29 Å². The van der Waals surface area contributed by atoms with Crippen molar-refractivity contribution >= 4 is 12.0 Å². The van der Waals surface area contributed by atoms with Crippen molar-refractivity contribution in [2.75, 3.05) is 24.6 Å². The first-order valence-electron chi connectivity index (χ1n) is 5.75. The van der Waals surface area contributed by atoms with E-state index in [0.717, 1.165) is 43.5 Å². The predicted molar refractivity (Wildman–Crippen MR) is 63.9 cm³/mol. The van der Waals surface area contributed by atoms with Gasteiger partial charge in [0, 0.05) is 30.9 Å².